The first kappa shape index (κ1) is 19.8. The zero-order valence-corrected chi connectivity index (χ0v) is 18.2. The minimum absolute atomic E-state index is 0.120. The summed E-state index contributed by atoms with van der Waals surface area (Å²) in [4.78, 5) is 22.9. The van der Waals surface area contributed by atoms with Gasteiger partial charge in [0.05, 0.1) is 10.4 Å². The van der Waals surface area contributed by atoms with E-state index in [0.29, 0.717) is 39.9 Å². The van der Waals surface area contributed by atoms with Crippen molar-refractivity contribution in [1.82, 2.24) is 25.0 Å². The highest BCUT2D eigenvalue weighted by molar-refractivity contribution is 7.18. The Bertz CT molecular complexity index is 1270. The summed E-state index contributed by atoms with van der Waals surface area (Å²) in [6.45, 7) is 4.96. The predicted molar refractivity (Wildman–Crippen MR) is 121 cm³/mol. The molecule has 1 aliphatic heterocycles. The summed E-state index contributed by atoms with van der Waals surface area (Å²) < 4.78 is 14.0. The number of carbonyl (C=O) groups is 1. The van der Waals surface area contributed by atoms with E-state index < -0.39 is 0 Å². The molecular weight excluding hydrogens is 413 g/mol. The van der Waals surface area contributed by atoms with Crippen molar-refractivity contribution in [2.45, 2.75) is 6.92 Å². The Morgan fingerprint density at radius 3 is 2.68 bits per heavy atom. The molecular formula is C23H22FN5OS. The molecule has 1 saturated heterocycles. The minimum atomic E-state index is -0.341. The topological polar surface area (TPSA) is 65.1 Å². The van der Waals surface area contributed by atoms with Crippen LogP contribution in [-0.4, -0.2) is 64.1 Å². The molecule has 0 bridgehead atoms. The van der Waals surface area contributed by atoms with Gasteiger partial charge in [0.15, 0.2) is 0 Å². The van der Waals surface area contributed by atoms with Crippen molar-refractivity contribution in [2.24, 2.45) is 0 Å². The molecule has 4 aromatic rings. The van der Waals surface area contributed by atoms with Gasteiger partial charge in [0, 0.05) is 31.6 Å². The molecule has 6 nitrogen and oxygen atoms in total. The third-order valence-electron chi connectivity index (χ3n) is 5.72. The number of thiazole rings is 1. The number of amides is 1. The molecule has 2 aromatic carbocycles. The number of nitrogens with zero attached hydrogens (tertiary/aromatic N) is 4. The van der Waals surface area contributed by atoms with Crippen molar-refractivity contribution in [3.8, 4) is 21.1 Å². The Morgan fingerprint density at radius 2 is 1.90 bits per heavy atom. The number of fused-ring (bicyclic) bond motifs is 1. The molecule has 8 heteroatoms. The number of para-hydroxylation sites is 1. The fourth-order valence-electron chi connectivity index (χ4n) is 3.90. The first-order valence-electron chi connectivity index (χ1n) is 10.2. The van der Waals surface area contributed by atoms with Gasteiger partial charge in [-0.05, 0) is 37.2 Å². The first-order valence-corrected chi connectivity index (χ1v) is 11.0. The van der Waals surface area contributed by atoms with Gasteiger partial charge < -0.3 is 9.80 Å². The van der Waals surface area contributed by atoms with Crippen LogP contribution in [0.1, 0.15) is 16.1 Å². The molecule has 3 heterocycles. The lowest BCUT2D eigenvalue weighted by atomic mass is 10.1. The number of aromatic nitrogens is 3. The number of rotatable bonds is 3. The number of H-pyrrole nitrogens is 1. The maximum Gasteiger partial charge on any atom is 0.274 e. The van der Waals surface area contributed by atoms with Gasteiger partial charge in [-0.2, -0.15) is 5.10 Å². The molecule has 0 radical (unpaired) electrons. The fourth-order valence-corrected chi connectivity index (χ4v) is 4.96. The van der Waals surface area contributed by atoms with Gasteiger partial charge >= 0.3 is 0 Å². The highest BCUT2D eigenvalue weighted by Crippen LogP contribution is 2.38. The van der Waals surface area contributed by atoms with Crippen molar-refractivity contribution in [1.29, 1.82) is 0 Å². The SMILES string of the molecule is Cc1cccc2c(-c3nc(C(=O)N4CCN(C)CC4)c(-c4cccc(F)c4)s3)n[nH]c12. The summed E-state index contributed by atoms with van der Waals surface area (Å²) in [5.41, 5.74) is 3.76. The molecule has 1 amide bonds. The van der Waals surface area contributed by atoms with E-state index in [1.165, 1.54) is 23.5 Å². The highest BCUT2D eigenvalue weighted by Gasteiger charge is 2.28. The molecule has 1 N–H and O–H groups in total. The van der Waals surface area contributed by atoms with Crippen LogP contribution in [-0.2, 0) is 0 Å². The normalized spacial score (nSPS) is 15.0. The number of nitrogens with one attached hydrogen (secondary N) is 1. The molecule has 0 aliphatic carbocycles. The van der Waals surface area contributed by atoms with Crippen molar-refractivity contribution in [3.63, 3.8) is 0 Å². The van der Waals surface area contributed by atoms with E-state index in [4.69, 9.17) is 4.98 Å². The molecule has 158 valence electrons. The van der Waals surface area contributed by atoms with Crippen LogP contribution in [0.15, 0.2) is 42.5 Å². The Hall–Kier alpha value is -3.10. The third kappa shape index (κ3) is 3.62. The van der Waals surface area contributed by atoms with Crippen LogP contribution < -0.4 is 0 Å². The maximum absolute atomic E-state index is 14.0. The van der Waals surface area contributed by atoms with E-state index in [0.717, 1.165) is 29.6 Å². The monoisotopic (exact) mass is 435 g/mol. The van der Waals surface area contributed by atoms with E-state index in [2.05, 4.69) is 15.1 Å². The minimum Gasteiger partial charge on any atom is -0.335 e. The largest absolute Gasteiger partial charge is 0.335 e. The Labute approximate surface area is 183 Å². The molecule has 2 aromatic heterocycles. The van der Waals surface area contributed by atoms with Crippen LogP contribution in [0, 0.1) is 12.7 Å². The van der Waals surface area contributed by atoms with Gasteiger partial charge in [0.25, 0.3) is 5.91 Å². The molecule has 0 saturated carbocycles. The zero-order chi connectivity index (χ0) is 21.5. The number of aryl methyl sites for hydroxylation is 1. The van der Waals surface area contributed by atoms with E-state index >= 15 is 0 Å². The Morgan fingerprint density at radius 1 is 1.13 bits per heavy atom. The summed E-state index contributed by atoms with van der Waals surface area (Å²) in [5.74, 6) is -0.461. The molecule has 5 rings (SSSR count). The van der Waals surface area contributed by atoms with Crippen LogP contribution in [0.5, 0.6) is 0 Å². The second-order valence-corrected chi connectivity index (χ2v) is 8.87. The van der Waals surface area contributed by atoms with Crippen LogP contribution in [0.3, 0.4) is 0 Å². The van der Waals surface area contributed by atoms with E-state index in [9.17, 15) is 9.18 Å². The van der Waals surface area contributed by atoms with Crippen molar-refractivity contribution < 1.29 is 9.18 Å². The van der Waals surface area contributed by atoms with Crippen molar-refractivity contribution in [3.05, 3.63) is 59.5 Å². The number of likely N-dealkylation sites (N-methyl/N-ethyl adjacent to an activating group) is 1. The highest BCUT2D eigenvalue weighted by atomic mass is 32.1. The standard InChI is InChI=1S/C23H22FN5OS/c1-14-5-3-8-17-18(14)26-27-19(17)22-25-20(23(30)29-11-9-28(2)10-12-29)21(31-22)15-6-4-7-16(24)13-15/h3-8,13H,9-12H2,1-2H3,(H,26,27). The molecule has 0 spiro atoms. The number of hydrogen-bond acceptors (Lipinski definition) is 5. The zero-order valence-electron chi connectivity index (χ0n) is 17.4. The number of hydrogen-bond donors (Lipinski definition) is 1. The lowest BCUT2D eigenvalue weighted by molar-refractivity contribution is 0.0660. The summed E-state index contributed by atoms with van der Waals surface area (Å²) in [6.07, 6.45) is 0. The quantitative estimate of drug-likeness (QED) is 0.524. The van der Waals surface area contributed by atoms with Crippen LogP contribution in [0.2, 0.25) is 0 Å². The van der Waals surface area contributed by atoms with Gasteiger partial charge in [-0.15, -0.1) is 11.3 Å². The van der Waals surface area contributed by atoms with Gasteiger partial charge in [-0.25, -0.2) is 9.37 Å². The van der Waals surface area contributed by atoms with Gasteiger partial charge in [0.2, 0.25) is 0 Å². The second kappa shape index (κ2) is 7.86. The van der Waals surface area contributed by atoms with Crippen LogP contribution >= 0.6 is 11.3 Å². The predicted octanol–water partition coefficient (Wildman–Crippen LogP) is 4.19. The fraction of sp³-hybridized carbons (Fsp3) is 0.261. The number of aromatic amines is 1. The molecule has 1 aliphatic rings. The second-order valence-electron chi connectivity index (χ2n) is 7.87. The summed E-state index contributed by atoms with van der Waals surface area (Å²) >= 11 is 1.37. The summed E-state index contributed by atoms with van der Waals surface area (Å²) in [7, 11) is 2.05. The van der Waals surface area contributed by atoms with Crippen LogP contribution in [0.25, 0.3) is 32.0 Å². The van der Waals surface area contributed by atoms with E-state index in [1.54, 1.807) is 6.07 Å². The van der Waals surface area contributed by atoms with Crippen molar-refractivity contribution >= 4 is 28.1 Å². The Balaban J connectivity index is 1.63. The van der Waals surface area contributed by atoms with Gasteiger partial charge in [-0.3, -0.25) is 9.89 Å². The maximum atomic E-state index is 14.0. The average Bonchev–Trinajstić information content (AvgIpc) is 3.39. The van der Waals surface area contributed by atoms with Gasteiger partial charge in [-0.1, -0.05) is 30.3 Å². The first-order chi connectivity index (χ1) is 15.0. The van der Waals surface area contributed by atoms with Crippen molar-refractivity contribution in [2.75, 3.05) is 33.2 Å². The third-order valence-corrected chi connectivity index (χ3v) is 6.83. The van der Waals surface area contributed by atoms with E-state index in [-0.39, 0.29) is 11.7 Å². The number of carbonyl (C=O) groups excluding carboxylic acids is 1. The molecule has 0 atom stereocenters. The van der Waals surface area contributed by atoms with Crippen LogP contribution in [0.4, 0.5) is 4.39 Å². The molecule has 0 unspecified atom stereocenters. The number of piperazine rings is 1. The molecule has 1 fully saturated rings. The smallest absolute Gasteiger partial charge is 0.274 e. The van der Waals surface area contributed by atoms with Gasteiger partial charge in [0.1, 0.15) is 22.2 Å². The average molecular weight is 436 g/mol. The molecule has 31 heavy (non-hydrogen) atoms. The lowest BCUT2D eigenvalue weighted by Crippen LogP contribution is -2.47. The number of benzene rings is 2. The van der Waals surface area contributed by atoms with E-state index in [1.807, 2.05) is 43.1 Å². The summed E-state index contributed by atoms with van der Waals surface area (Å²) in [5, 5.41) is 9.18. The Kier molecular flexibility index (Phi) is 5.03. The summed E-state index contributed by atoms with van der Waals surface area (Å²) in [6, 6.07) is 12.3. The number of halogens is 1. The lowest BCUT2D eigenvalue weighted by Gasteiger charge is -2.32.